The van der Waals surface area contributed by atoms with Gasteiger partial charge in [0.05, 0.1) is 22.2 Å². The number of nitrogens with zero attached hydrogens (tertiary/aromatic N) is 1. The van der Waals surface area contributed by atoms with Crippen LogP contribution in [0.3, 0.4) is 0 Å². The Bertz CT molecular complexity index is 707. The SMILES string of the molecule is O=C(CNc1ccc(I)cc1)Nc1ccc([N+](=O)[O-])cc1Cl. The van der Waals surface area contributed by atoms with Crippen LogP contribution in [0.15, 0.2) is 42.5 Å². The first-order chi connectivity index (χ1) is 10.5. The van der Waals surface area contributed by atoms with Crippen LogP contribution < -0.4 is 10.6 Å². The molecule has 0 aliphatic carbocycles. The van der Waals surface area contributed by atoms with Crippen molar-refractivity contribution in [2.24, 2.45) is 0 Å². The molecule has 0 aromatic heterocycles. The molecule has 22 heavy (non-hydrogen) atoms. The summed E-state index contributed by atoms with van der Waals surface area (Å²) in [6, 6.07) is 11.5. The highest BCUT2D eigenvalue weighted by molar-refractivity contribution is 14.1. The highest BCUT2D eigenvalue weighted by Gasteiger charge is 2.11. The molecule has 0 bridgehead atoms. The summed E-state index contributed by atoms with van der Waals surface area (Å²) in [6.45, 7) is 0.0634. The molecule has 0 atom stereocenters. The normalized spacial score (nSPS) is 10.1. The number of carbonyl (C=O) groups excluding carboxylic acids is 1. The molecule has 2 aromatic carbocycles. The van der Waals surface area contributed by atoms with Crippen LogP contribution in [0.4, 0.5) is 17.1 Å². The van der Waals surface area contributed by atoms with E-state index in [-0.39, 0.29) is 23.2 Å². The molecule has 6 nitrogen and oxygen atoms in total. The number of halogens is 2. The number of hydrogen-bond acceptors (Lipinski definition) is 4. The maximum absolute atomic E-state index is 11.9. The van der Waals surface area contributed by atoms with Gasteiger partial charge in [0.1, 0.15) is 0 Å². The van der Waals surface area contributed by atoms with Crippen molar-refractivity contribution in [3.8, 4) is 0 Å². The van der Waals surface area contributed by atoms with Gasteiger partial charge >= 0.3 is 0 Å². The van der Waals surface area contributed by atoms with Gasteiger partial charge in [0.15, 0.2) is 0 Å². The standard InChI is InChI=1S/C14H11ClIN3O3/c15-12-7-11(19(21)22)5-6-13(12)18-14(20)8-17-10-3-1-9(16)2-4-10/h1-7,17H,8H2,(H,18,20). The summed E-state index contributed by atoms with van der Waals surface area (Å²) in [7, 11) is 0. The summed E-state index contributed by atoms with van der Waals surface area (Å²) in [5.41, 5.74) is 1.03. The van der Waals surface area contributed by atoms with Crippen LogP contribution in [0.2, 0.25) is 5.02 Å². The third-order valence-corrected chi connectivity index (χ3v) is 3.77. The molecule has 114 valence electrons. The predicted molar refractivity (Wildman–Crippen MR) is 94.4 cm³/mol. The Kier molecular flexibility index (Phi) is 5.56. The molecular formula is C14H11ClIN3O3. The average Bonchev–Trinajstić information content (AvgIpc) is 2.48. The molecule has 2 rings (SSSR count). The zero-order chi connectivity index (χ0) is 16.1. The van der Waals surface area contributed by atoms with Crippen LogP contribution in [0.1, 0.15) is 0 Å². The number of amides is 1. The van der Waals surface area contributed by atoms with Gasteiger partial charge in [-0.3, -0.25) is 14.9 Å². The number of non-ortho nitro benzene ring substituents is 1. The molecule has 0 aliphatic rings. The summed E-state index contributed by atoms with van der Waals surface area (Å²) >= 11 is 8.11. The van der Waals surface area contributed by atoms with Crippen molar-refractivity contribution in [1.82, 2.24) is 0 Å². The van der Waals surface area contributed by atoms with E-state index in [1.165, 1.54) is 18.2 Å². The molecular weight excluding hydrogens is 421 g/mol. The molecule has 0 fully saturated rings. The minimum absolute atomic E-state index is 0.0634. The van der Waals surface area contributed by atoms with Gasteiger partial charge in [0.25, 0.3) is 5.69 Å². The first-order valence-electron chi connectivity index (χ1n) is 6.19. The molecule has 0 saturated carbocycles. The lowest BCUT2D eigenvalue weighted by Gasteiger charge is -2.09. The van der Waals surface area contributed by atoms with Gasteiger partial charge in [0.2, 0.25) is 5.91 Å². The minimum Gasteiger partial charge on any atom is -0.376 e. The number of hydrogen-bond donors (Lipinski definition) is 2. The largest absolute Gasteiger partial charge is 0.376 e. The average molecular weight is 432 g/mol. The second-order valence-corrected chi connectivity index (χ2v) is 5.98. The Hall–Kier alpha value is -1.87. The van der Waals surface area contributed by atoms with Gasteiger partial charge in [-0.15, -0.1) is 0 Å². The van der Waals surface area contributed by atoms with Crippen molar-refractivity contribution in [2.75, 3.05) is 17.2 Å². The minimum atomic E-state index is -0.546. The molecule has 0 heterocycles. The third-order valence-electron chi connectivity index (χ3n) is 2.73. The third kappa shape index (κ3) is 4.57. The van der Waals surface area contributed by atoms with E-state index in [0.29, 0.717) is 5.69 Å². The highest BCUT2D eigenvalue weighted by Crippen LogP contribution is 2.26. The Morgan fingerprint density at radius 1 is 1.23 bits per heavy atom. The number of rotatable bonds is 5. The lowest BCUT2D eigenvalue weighted by atomic mass is 10.2. The van der Waals surface area contributed by atoms with Crippen molar-refractivity contribution in [2.45, 2.75) is 0 Å². The number of carbonyl (C=O) groups is 1. The van der Waals surface area contributed by atoms with Crippen LogP contribution in [0.25, 0.3) is 0 Å². The van der Waals surface area contributed by atoms with E-state index in [4.69, 9.17) is 11.6 Å². The van der Waals surface area contributed by atoms with Gasteiger partial charge in [-0.05, 0) is 52.9 Å². The summed E-state index contributed by atoms with van der Waals surface area (Å²) in [5, 5.41) is 16.3. The van der Waals surface area contributed by atoms with E-state index >= 15 is 0 Å². The first kappa shape index (κ1) is 16.5. The van der Waals surface area contributed by atoms with Gasteiger partial charge in [0, 0.05) is 21.4 Å². The molecule has 2 aromatic rings. The Morgan fingerprint density at radius 2 is 1.91 bits per heavy atom. The second-order valence-electron chi connectivity index (χ2n) is 4.33. The Morgan fingerprint density at radius 3 is 2.50 bits per heavy atom. The molecule has 1 amide bonds. The van der Waals surface area contributed by atoms with Gasteiger partial charge in [-0.2, -0.15) is 0 Å². The van der Waals surface area contributed by atoms with Crippen molar-refractivity contribution in [1.29, 1.82) is 0 Å². The first-order valence-corrected chi connectivity index (χ1v) is 7.64. The molecule has 0 unspecified atom stereocenters. The molecule has 0 aliphatic heterocycles. The van der Waals surface area contributed by atoms with Crippen LogP contribution in [0, 0.1) is 13.7 Å². The smallest absolute Gasteiger partial charge is 0.271 e. The Labute approximate surface area is 145 Å². The number of nitro groups is 1. The van der Waals surface area contributed by atoms with Gasteiger partial charge in [-0.25, -0.2) is 0 Å². The van der Waals surface area contributed by atoms with Crippen molar-refractivity contribution < 1.29 is 9.72 Å². The van der Waals surface area contributed by atoms with E-state index < -0.39 is 4.92 Å². The lowest BCUT2D eigenvalue weighted by Crippen LogP contribution is -2.21. The zero-order valence-electron chi connectivity index (χ0n) is 11.2. The summed E-state index contributed by atoms with van der Waals surface area (Å²) < 4.78 is 1.10. The highest BCUT2D eigenvalue weighted by atomic mass is 127. The fraction of sp³-hybridized carbons (Fsp3) is 0.0714. The van der Waals surface area contributed by atoms with Gasteiger partial charge < -0.3 is 10.6 Å². The summed E-state index contributed by atoms with van der Waals surface area (Å²) in [4.78, 5) is 21.9. The predicted octanol–water partition coefficient (Wildman–Crippen LogP) is 3.90. The number of nitrogens with one attached hydrogen (secondary N) is 2. The van der Waals surface area contributed by atoms with E-state index in [1.54, 1.807) is 0 Å². The van der Waals surface area contributed by atoms with Crippen LogP contribution in [-0.2, 0) is 4.79 Å². The topological polar surface area (TPSA) is 84.3 Å². The van der Waals surface area contributed by atoms with Crippen molar-refractivity contribution in [3.63, 3.8) is 0 Å². The van der Waals surface area contributed by atoms with Crippen LogP contribution in [-0.4, -0.2) is 17.4 Å². The van der Waals surface area contributed by atoms with Crippen molar-refractivity contribution >= 4 is 57.2 Å². The summed E-state index contributed by atoms with van der Waals surface area (Å²) in [6.07, 6.45) is 0. The lowest BCUT2D eigenvalue weighted by molar-refractivity contribution is -0.384. The zero-order valence-corrected chi connectivity index (χ0v) is 14.1. The molecule has 0 spiro atoms. The maximum Gasteiger partial charge on any atom is 0.271 e. The van der Waals surface area contributed by atoms with E-state index in [9.17, 15) is 14.9 Å². The summed E-state index contributed by atoms with van der Waals surface area (Å²) in [5.74, 6) is -0.297. The van der Waals surface area contributed by atoms with E-state index in [2.05, 4.69) is 33.2 Å². The van der Waals surface area contributed by atoms with E-state index in [1.807, 2.05) is 24.3 Å². The molecule has 0 saturated heterocycles. The fourth-order valence-corrected chi connectivity index (χ4v) is 2.25. The molecule has 0 radical (unpaired) electrons. The van der Waals surface area contributed by atoms with E-state index in [0.717, 1.165) is 9.26 Å². The monoisotopic (exact) mass is 431 g/mol. The maximum atomic E-state index is 11.9. The van der Waals surface area contributed by atoms with Crippen molar-refractivity contribution in [3.05, 3.63) is 61.2 Å². The number of nitro benzene ring substituents is 1. The fourth-order valence-electron chi connectivity index (χ4n) is 1.66. The molecule has 8 heteroatoms. The number of anilines is 2. The number of benzene rings is 2. The Balaban J connectivity index is 1.94. The molecule has 2 N–H and O–H groups in total. The van der Waals surface area contributed by atoms with Crippen LogP contribution >= 0.6 is 34.2 Å². The van der Waals surface area contributed by atoms with Crippen LogP contribution in [0.5, 0.6) is 0 Å². The quantitative estimate of drug-likeness (QED) is 0.427. The second kappa shape index (κ2) is 7.41. The van der Waals surface area contributed by atoms with Gasteiger partial charge in [-0.1, -0.05) is 11.6 Å².